The van der Waals surface area contributed by atoms with Gasteiger partial charge >= 0.3 is 0 Å². The van der Waals surface area contributed by atoms with Gasteiger partial charge < -0.3 is 0 Å². The lowest BCUT2D eigenvalue weighted by atomic mass is 10.0. The molecule has 0 saturated heterocycles. The second-order valence-corrected chi connectivity index (χ2v) is 10.2. The van der Waals surface area contributed by atoms with Gasteiger partial charge in [-0.3, -0.25) is 19.2 Å². The van der Waals surface area contributed by atoms with Crippen LogP contribution in [0.1, 0.15) is 63.7 Å². The summed E-state index contributed by atoms with van der Waals surface area (Å²) in [6.45, 7) is 7.73. The van der Waals surface area contributed by atoms with Crippen molar-refractivity contribution >= 4 is 34.3 Å². The molecule has 0 fully saturated rings. The van der Waals surface area contributed by atoms with Crippen molar-refractivity contribution in [2.45, 2.75) is 27.7 Å². The number of hydrogen-bond donors (Lipinski definition) is 0. The molecule has 184 valence electrons. The molecule has 4 aromatic rings. The van der Waals surface area contributed by atoms with Crippen molar-refractivity contribution in [3.63, 3.8) is 0 Å². The molecule has 2 aliphatic carbocycles. The maximum absolute atomic E-state index is 13.0. The van der Waals surface area contributed by atoms with Gasteiger partial charge in [-0.25, -0.2) is 0 Å². The minimum absolute atomic E-state index is 0.201. The minimum atomic E-state index is -0.237. The lowest BCUT2D eigenvalue weighted by molar-refractivity contribution is 0.101. The fourth-order valence-corrected chi connectivity index (χ4v) is 5.31. The van der Waals surface area contributed by atoms with Crippen LogP contribution in [0.3, 0.4) is 0 Å². The van der Waals surface area contributed by atoms with Crippen LogP contribution in [0.4, 0.5) is 0 Å². The van der Waals surface area contributed by atoms with Crippen molar-refractivity contribution in [2.24, 2.45) is 0 Å². The summed E-state index contributed by atoms with van der Waals surface area (Å²) in [5.74, 6) is -0.946. The molecular weight excluding hydrogens is 472 g/mol. The highest BCUT2D eigenvalue weighted by atomic mass is 16.2. The van der Waals surface area contributed by atoms with E-state index in [-0.39, 0.29) is 34.3 Å². The van der Waals surface area contributed by atoms with Crippen molar-refractivity contribution in [2.75, 3.05) is 0 Å². The quantitative estimate of drug-likeness (QED) is 0.355. The Morgan fingerprint density at radius 1 is 0.342 bits per heavy atom. The maximum Gasteiger partial charge on any atom is 0.198 e. The van der Waals surface area contributed by atoms with Crippen LogP contribution in [0.15, 0.2) is 72.8 Å². The molecule has 0 aromatic heterocycles. The molecule has 6 rings (SSSR count). The summed E-state index contributed by atoms with van der Waals surface area (Å²) >= 11 is 0. The van der Waals surface area contributed by atoms with E-state index in [4.69, 9.17) is 0 Å². The predicted octanol–water partition coefficient (Wildman–Crippen LogP) is 4.67. The Bertz CT molecular complexity index is 1750. The first kappa shape index (κ1) is 23.7. The molecule has 0 atom stereocenters. The molecule has 4 heteroatoms. The third-order valence-electron chi connectivity index (χ3n) is 7.83. The smallest absolute Gasteiger partial charge is 0.198 e. The third kappa shape index (κ3) is 3.45. The van der Waals surface area contributed by atoms with Crippen molar-refractivity contribution < 1.29 is 19.2 Å². The van der Waals surface area contributed by atoms with E-state index < -0.39 is 0 Å². The van der Waals surface area contributed by atoms with Gasteiger partial charge in [0.2, 0.25) is 0 Å². The van der Waals surface area contributed by atoms with Crippen molar-refractivity contribution in [1.82, 2.24) is 0 Å². The standard InChI is InChI=1S/C34H24O4/c1-17-13-25-26(14-18(17)2)32(36)29(31(25)35)23-9-5-21(6-10-23)22-7-11-24(12-8-22)30-33(37)27-15-19(3)20(4)16-28(27)34(30)38/h5-16H,1-4H3. The van der Waals surface area contributed by atoms with Crippen LogP contribution < -0.4 is 10.4 Å². The van der Waals surface area contributed by atoms with Crippen LogP contribution >= 0.6 is 0 Å². The summed E-state index contributed by atoms with van der Waals surface area (Å²) in [7, 11) is 0. The van der Waals surface area contributed by atoms with Gasteiger partial charge in [0.15, 0.2) is 23.1 Å². The second kappa shape index (κ2) is 8.42. The van der Waals surface area contributed by atoms with Crippen LogP contribution in [0.2, 0.25) is 0 Å². The Labute approximate surface area is 219 Å². The number of carbonyl (C=O) groups excluding carboxylic acids is 4. The van der Waals surface area contributed by atoms with Crippen LogP contribution in [0, 0.1) is 38.1 Å². The topological polar surface area (TPSA) is 68.3 Å². The van der Waals surface area contributed by atoms with Crippen molar-refractivity contribution in [3.8, 4) is 0 Å². The molecule has 0 spiro atoms. The number of rotatable bonds is 0. The van der Waals surface area contributed by atoms with E-state index in [0.717, 1.165) is 32.7 Å². The molecule has 0 radical (unpaired) electrons. The van der Waals surface area contributed by atoms with E-state index in [2.05, 4.69) is 0 Å². The van der Waals surface area contributed by atoms with E-state index in [9.17, 15) is 19.2 Å². The maximum atomic E-state index is 13.0. The Hall–Kier alpha value is -4.70. The molecule has 2 aliphatic rings. The number of aryl methyl sites for hydroxylation is 4. The average molecular weight is 497 g/mol. The summed E-state index contributed by atoms with van der Waals surface area (Å²) in [4.78, 5) is 52.2. The lowest BCUT2D eigenvalue weighted by Crippen LogP contribution is -2.14. The molecule has 0 amide bonds. The van der Waals surface area contributed by atoms with E-state index in [1.54, 1.807) is 48.5 Å². The van der Waals surface area contributed by atoms with Gasteiger partial charge in [0, 0.05) is 22.3 Å². The molecule has 0 bridgehead atoms. The van der Waals surface area contributed by atoms with E-state index in [1.807, 2.05) is 52.0 Å². The van der Waals surface area contributed by atoms with Crippen LogP contribution in [-0.2, 0) is 0 Å². The summed E-state index contributed by atoms with van der Waals surface area (Å²) in [5.41, 5.74) is 6.20. The molecule has 0 heterocycles. The number of Topliss-reactive ketones (excluding diaryl/α,β-unsaturated/α-hetero) is 4. The highest BCUT2D eigenvalue weighted by Gasteiger charge is 2.35. The van der Waals surface area contributed by atoms with Gasteiger partial charge in [-0.2, -0.15) is 0 Å². The van der Waals surface area contributed by atoms with Crippen molar-refractivity contribution in [1.29, 1.82) is 0 Å². The fourth-order valence-electron chi connectivity index (χ4n) is 5.31. The van der Waals surface area contributed by atoms with E-state index >= 15 is 0 Å². The van der Waals surface area contributed by atoms with E-state index in [0.29, 0.717) is 32.7 Å². The van der Waals surface area contributed by atoms with Crippen molar-refractivity contribution in [3.05, 3.63) is 138 Å². The molecule has 0 N–H and O–H groups in total. The average Bonchev–Trinajstić information content (AvgIpc) is 3.28. The highest BCUT2D eigenvalue weighted by Crippen LogP contribution is 2.30. The Balaban J connectivity index is 1.43. The number of ketones is 4. The summed E-state index contributed by atoms with van der Waals surface area (Å²) in [5, 5.41) is 2.97. The summed E-state index contributed by atoms with van der Waals surface area (Å²) < 4.78 is 0. The summed E-state index contributed by atoms with van der Waals surface area (Å²) in [6, 6.07) is 21.9. The number of hydrogen-bond acceptors (Lipinski definition) is 4. The molecule has 4 aromatic carbocycles. The molecule has 0 unspecified atom stereocenters. The number of benzene rings is 4. The van der Waals surface area contributed by atoms with Gasteiger partial charge in [0.05, 0.1) is 11.1 Å². The molecule has 38 heavy (non-hydrogen) atoms. The summed E-state index contributed by atoms with van der Waals surface area (Å²) in [6.07, 6.45) is 0. The van der Waals surface area contributed by atoms with Gasteiger partial charge in [0.25, 0.3) is 0 Å². The normalized spacial score (nSPS) is 14.4. The van der Waals surface area contributed by atoms with E-state index in [1.165, 1.54) is 0 Å². The first-order chi connectivity index (χ1) is 18.2. The molecule has 0 aliphatic heterocycles. The molecule has 4 nitrogen and oxygen atoms in total. The zero-order chi connectivity index (χ0) is 26.9. The molecule has 0 saturated carbocycles. The SMILES string of the molecule is Cc1cc2c(cc1C)C(=O)C(=c1ccc(=c3ccc(=C4C(=O)c5cc(C)c(C)cc5C4=O)cc3)cc1)C2=O. The van der Waals surface area contributed by atoms with Crippen LogP contribution in [-0.4, -0.2) is 23.1 Å². The Morgan fingerprint density at radius 2 is 0.553 bits per heavy atom. The second-order valence-electron chi connectivity index (χ2n) is 10.2. The zero-order valence-corrected chi connectivity index (χ0v) is 21.6. The fraction of sp³-hybridized carbons (Fsp3) is 0.118. The first-order valence-corrected chi connectivity index (χ1v) is 12.5. The van der Waals surface area contributed by atoms with Crippen LogP contribution in [0.25, 0.3) is 11.1 Å². The third-order valence-corrected chi connectivity index (χ3v) is 7.83. The van der Waals surface area contributed by atoms with Gasteiger partial charge in [-0.1, -0.05) is 48.5 Å². The van der Waals surface area contributed by atoms with Crippen LogP contribution in [0.5, 0.6) is 0 Å². The number of carbonyl (C=O) groups is 4. The molecular formula is C34H24O4. The Morgan fingerprint density at radius 3 is 0.789 bits per heavy atom. The minimum Gasteiger partial charge on any atom is -0.288 e. The predicted molar refractivity (Wildman–Crippen MR) is 146 cm³/mol. The van der Waals surface area contributed by atoms with Gasteiger partial charge in [-0.05, 0) is 95.1 Å². The largest absolute Gasteiger partial charge is 0.288 e. The highest BCUT2D eigenvalue weighted by molar-refractivity contribution is 6.56. The van der Waals surface area contributed by atoms with Gasteiger partial charge in [-0.15, -0.1) is 0 Å². The zero-order valence-electron chi connectivity index (χ0n) is 21.6. The van der Waals surface area contributed by atoms with Gasteiger partial charge in [0.1, 0.15) is 0 Å². The first-order valence-electron chi connectivity index (χ1n) is 12.5. The lowest BCUT2D eigenvalue weighted by Gasteiger charge is -2.01. The number of fused-ring (bicyclic) bond motifs is 2. The Kier molecular flexibility index (Phi) is 5.25. The monoisotopic (exact) mass is 496 g/mol.